The zero-order chi connectivity index (χ0) is 24.3. The Hall–Kier alpha value is -3.56. The van der Waals surface area contributed by atoms with Crippen molar-refractivity contribution >= 4 is 23.2 Å². The van der Waals surface area contributed by atoms with Gasteiger partial charge in [0.1, 0.15) is 11.5 Å². The molecule has 34 heavy (non-hydrogen) atoms. The highest BCUT2D eigenvalue weighted by Crippen LogP contribution is 2.50. The van der Waals surface area contributed by atoms with E-state index >= 15 is 0 Å². The van der Waals surface area contributed by atoms with E-state index in [2.05, 4.69) is 31.3 Å². The second kappa shape index (κ2) is 7.75. The van der Waals surface area contributed by atoms with Crippen LogP contribution in [0.1, 0.15) is 55.0 Å². The van der Waals surface area contributed by atoms with Gasteiger partial charge in [-0.3, -0.25) is 19.5 Å². The Labute approximate surface area is 195 Å². The summed E-state index contributed by atoms with van der Waals surface area (Å²) in [7, 11) is 0. The van der Waals surface area contributed by atoms with Gasteiger partial charge in [-0.2, -0.15) is 0 Å². The molecule has 5 rings (SSSR count). The van der Waals surface area contributed by atoms with Crippen LogP contribution in [0, 0.1) is 18.3 Å². The van der Waals surface area contributed by atoms with E-state index in [0.29, 0.717) is 12.2 Å². The molecule has 1 saturated carbocycles. The Morgan fingerprint density at radius 2 is 1.85 bits per heavy atom. The van der Waals surface area contributed by atoms with Gasteiger partial charge in [-0.1, -0.05) is 19.9 Å². The van der Waals surface area contributed by atoms with Crippen LogP contribution in [0.4, 0.5) is 14.6 Å². The molecule has 1 saturated heterocycles. The predicted molar refractivity (Wildman–Crippen MR) is 120 cm³/mol. The summed E-state index contributed by atoms with van der Waals surface area (Å²) in [6, 6.07) is -0.602. The van der Waals surface area contributed by atoms with E-state index in [1.807, 2.05) is 26.8 Å². The van der Waals surface area contributed by atoms with Gasteiger partial charge in [0.15, 0.2) is 5.82 Å². The molecule has 8 nitrogen and oxygen atoms in total. The van der Waals surface area contributed by atoms with Crippen LogP contribution >= 0.6 is 0 Å². The normalized spacial score (nSPS) is 23.0. The molecule has 2 aromatic heterocycles. The molecule has 0 aromatic carbocycles. The van der Waals surface area contributed by atoms with Crippen molar-refractivity contribution in [2.45, 2.75) is 52.0 Å². The molecule has 176 valence electrons. The number of alkyl halides is 2. The molecule has 1 N–H and O–H groups in total. The second-order valence-corrected chi connectivity index (χ2v) is 9.60. The SMILES string of the molecule is Cc1ncc(C2=CCC3C(=C2)N(c2cncc(C(=O)NC4CC(F)(F)C4)n2)C(=O)C3(C)C)cn1. The van der Waals surface area contributed by atoms with Crippen molar-refractivity contribution in [1.29, 1.82) is 0 Å². The summed E-state index contributed by atoms with van der Waals surface area (Å²) < 4.78 is 26.2. The summed E-state index contributed by atoms with van der Waals surface area (Å²) in [5.74, 6) is -2.67. The number of aryl methyl sites for hydroxylation is 1. The first kappa shape index (κ1) is 22.2. The third-order valence-corrected chi connectivity index (χ3v) is 6.74. The Morgan fingerprint density at radius 3 is 2.53 bits per heavy atom. The molecule has 2 amide bonds. The van der Waals surface area contributed by atoms with Gasteiger partial charge in [0.05, 0.1) is 17.8 Å². The van der Waals surface area contributed by atoms with Crippen LogP contribution in [-0.4, -0.2) is 43.7 Å². The summed E-state index contributed by atoms with van der Waals surface area (Å²) >= 11 is 0. The number of amides is 2. The zero-order valence-corrected chi connectivity index (χ0v) is 19.0. The van der Waals surface area contributed by atoms with E-state index in [-0.39, 0.29) is 23.3 Å². The first-order valence-electron chi connectivity index (χ1n) is 11.1. The molecular weight excluding hydrogens is 442 g/mol. The summed E-state index contributed by atoms with van der Waals surface area (Å²) in [4.78, 5) is 44.6. The number of rotatable bonds is 4. The molecule has 2 fully saturated rings. The minimum atomic E-state index is -2.74. The van der Waals surface area contributed by atoms with Gasteiger partial charge >= 0.3 is 0 Å². The van der Waals surface area contributed by atoms with E-state index in [1.54, 1.807) is 12.4 Å². The first-order chi connectivity index (χ1) is 16.0. The lowest BCUT2D eigenvalue weighted by Crippen LogP contribution is -2.50. The molecule has 3 heterocycles. The van der Waals surface area contributed by atoms with Crippen molar-refractivity contribution < 1.29 is 18.4 Å². The molecule has 0 spiro atoms. The highest BCUT2D eigenvalue weighted by atomic mass is 19.3. The molecule has 1 atom stereocenters. The van der Waals surface area contributed by atoms with Crippen LogP contribution in [-0.2, 0) is 4.79 Å². The fraction of sp³-hybridized carbons (Fsp3) is 0.417. The van der Waals surface area contributed by atoms with Gasteiger partial charge in [-0.05, 0) is 25.0 Å². The number of nitrogens with zero attached hydrogens (tertiary/aromatic N) is 5. The number of halogens is 2. The Kier molecular flexibility index (Phi) is 5.07. The van der Waals surface area contributed by atoms with Crippen LogP contribution in [0.3, 0.4) is 0 Å². The van der Waals surface area contributed by atoms with Gasteiger partial charge in [0.25, 0.3) is 11.8 Å². The van der Waals surface area contributed by atoms with E-state index in [4.69, 9.17) is 0 Å². The Balaban J connectivity index is 1.46. The first-order valence-corrected chi connectivity index (χ1v) is 11.1. The molecule has 0 radical (unpaired) electrons. The minimum absolute atomic E-state index is 0.0270. The van der Waals surface area contributed by atoms with Gasteiger partial charge in [-0.15, -0.1) is 0 Å². The van der Waals surface area contributed by atoms with E-state index < -0.39 is 36.1 Å². The van der Waals surface area contributed by atoms with Crippen molar-refractivity contribution in [3.63, 3.8) is 0 Å². The van der Waals surface area contributed by atoms with Gasteiger partial charge in [0.2, 0.25) is 5.91 Å². The van der Waals surface area contributed by atoms with Crippen LogP contribution in [0.25, 0.3) is 5.57 Å². The summed E-state index contributed by atoms with van der Waals surface area (Å²) in [5, 5.41) is 2.56. The Bertz CT molecular complexity index is 1230. The third kappa shape index (κ3) is 3.76. The number of aromatic nitrogens is 4. The number of nitrogens with one attached hydrogen (secondary N) is 1. The van der Waals surface area contributed by atoms with Crippen molar-refractivity contribution in [3.05, 3.63) is 59.7 Å². The second-order valence-electron chi connectivity index (χ2n) is 9.60. The number of hydrogen-bond donors (Lipinski definition) is 1. The topological polar surface area (TPSA) is 101 Å². The Morgan fingerprint density at radius 1 is 1.15 bits per heavy atom. The van der Waals surface area contributed by atoms with Crippen molar-refractivity contribution in [2.24, 2.45) is 11.3 Å². The van der Waals surface area contributed by atoms with Gasteiger partial charge < -0.3 is 5.32 Å². The van der Waals surface area contributed by atoms with Crippen LogP contribution < -0.4 is 10.2 Å². The standard InChI is InChI=1S/C24H24F2N6O2/c1-13-28-9-15(10-29-13)14-4-5-17-19(6-14)32(22(34)23(17,2)3)20-12-27-11-18(31-20)21(33)30-16-7-24(25,26)8-16/h4,6,9-12,16-17H,5,7-8H2,1-3H3,(H,30,33). The number of fused-ring (bicyclic) bond motifs is 1. The zero-order valence-electron chi connectivity index (χ0n) is 19.0. The fourth-order valence-corrected chi connectivity index (χ4v) is 4.70. The highest BCUT2D eigenvalue weighted by molar-refractivity contribution is 6.04. The number of anilines is 1. The van der Waals surface area contributed by atoms with Crippen LogP contribution in [0.5, 0.6) is 0 Å². The minimum Gasteiger partial charge on any atom is -0.347 e. The lowest BCUT2D eigenvalue weighted by Gasteiger charge is -2.35. The summed E-state index contributed by atoms with van der Waals surface area (Å²) in [6.45, 7) is 5.59. The largest absolute Gasteiger partial charge is 0.347 e. The van der Waals surface area contributed by atoms with Crippen molar-refractivity contribution in [1.82, 2.24) is 25.3 Å². The molecule has 1 aliphatic heterocycles. The van der Waals surface area contributed by atoms with E-state index in [1.165, 1.54) is 17.3 Å². The maximum Gasteiger partial charge on any atom is 0.271 e. The van der Waals surface area contributed by atoms with E-state index in [0.717, 1.165) is 16.8 Å². The molecule has 0 bridgehead atoms. The predicted octanol–water partition coefficient (Wildman–Crippen LogP) is 3.46. The third-order valence-electron chi connectivity index (χ3n) is 6.74. The van der Waals surface area contributed by atoms with Gasteiger partial charge in [-0.25, -0.2) is 23.7 Å². The van der Waals surface area contributed by atoms with Crippen molar-refractivity contribution in [3.8, 4) is 0 Å². The van der Waals surface area contributed by atoms with Crippen LogP contribution in [0.2, 0.25) is 0 Å². The quantitative estimate of drug-likeness (QED) is 0.741. The molecule has 2 aliphatic carbocycles. The highest BCUT2D eigenvalue weighted by Gasteiger charge is 2.52. The number of carbonyl (C=O) groups is 2. The van der Waals surface area contributed by atoms with Crippen LogP contribution in [0.15, 0.2) is 42.6 Å². The summed E-state index contributed by atoms with van der Waals surface area (Å²) in [5.41, 5.74) is 1.79. The summed E-state index contributed by atoms with van der Waals surface area (Å²) in [6.07, 6.45) is 10.0. The maximum atomic E-state index is 13.5. The monoisotopic (exact) mass is 466 g/mol. The number of allylic oxidation sites excluding steroid dienone is 4. The van der Waals surface area contributed by atoms with Gasteiger partial charge in [0, 0.05) is 48.5 Å². The lowest BCUT2D eigenvalue weighted by atomic mass is 9.75. The molecule has 3 aliphatic rings. The number of carbonyl (C=O) groups excluding carboxylic acids is 2. The maximum absolute atomic E-state index is 13.5. The number of hydrogen-bond acceptors (Lipinski definition) is 6. The smallest absolute Gasteiger partial charge is 0.271 e. The molecule has 2 aromatic rings. The van der Waals surface area contributed by atoms with E-state index in [9.17, 15) is 18.4 Å². The molecular formula is C24H24F2N6O2. The fourth-order valence-electron chi connectivity index (χ4n) is 4.70. The molecule has 10 heteroatoms. The van der Waals surface area contributed by atoms with Crippen molar-refractivity contribution in [2.75, 3.05) is 4.90 Å². The average molecular weight is 466 g/mol. The average Bonchev–Trinajstić information content (AvgIpc) is 2.98. The lowest BCUT2D eigenvalue weighted by molar-refractivity contribution is -0.125. The molecule has 1 unspecified atom stereocenters.